The molecule has 0 saturated carbocycles. The van der Waals surface area contributed by atoms with Crippen molar-refractivity contribution < 1.29 is 37.3 Å². The molecule has 1 N–H and O–H groups in total. The van der Waals surface area contributed by atoms with Crippen LogP contribution in [0.2, 0.25) is 0 Å². The summed E-state index contributed by atoms with van der Waals surface area (Å²) >= 11 is 0. The molecule has 3 unspecified atom stereocenters. The Hall–Kier alpha value is -2.29. The second-order valence-electron chi connectivity index (χ2n) is 18.7. The summed E-state index contributed by atoms with van der Waals surface area (Å²) in [6, 6.07) is -0.903. The minimum Gasteiger partial charge on any atom is -0.756 e. The van der Waals surface area contributed by atoms with Crippen LogP contribution >= 0.6 is 7.82 Å². The average Bonchev–Trinajstić information content (AvgIpc) is 3.25. The number of phosphoric ester groups is 1. The molecule has 9 nitrogen and oxygen atoms in total. The van der Waals surface area contributed by atoms with Gasteiger partial charge in [0.1, 0.15) is 19.3 Å². The zero-order valence-corrected chi connectivity index (χ0v) is 43.1. The number of rotatable bonds is 46. The van der Waals surface area contributed by atoms with Gasteiger partial charge < -0.3 is 28.5 Å². The van der Waals surface area contributed by atoms with Crippen LogP contribution in [0.4, 0.5) is 0 Å². The lowest BCUT2D eigenvalue weighted by Crippen LogP contribution is -2.47. The van der Waals surface area contributed by atoms with Crippen molar-refractivity contribution in [2.45, 2.75) is 232 Å². The maximum absolute atomic E-state index is 13.4. The molecule has 0 aromatic heterocycles. The van der Waals surface area contributed by atoms with Crippen LogP contribution in [-0.4, -0.2) is 69.4 Å². The first kappa shape index (κ1) is 61.7. The van der Waals surface area contributed by atoms with E-state index < -0.39 is 26.6 Å². The van der Waals surface area contributed by atoms with Gasteiger partial charge in [-0.1, -0.05) is 191 Å². The molecular formula is C54H99N2O7P. The number of carbonyl (C=O) groups excluding carboxylic acids is 2. The maximum Gasteiger partial charge on any atom is 0.306 e. The molecule has 64 heavy (non-hydrogen) atoms. The van der Waals surface area contributed by atoms with Crippen LogP contribution < -0.4 is 10.2 Å². The topological polar surface area (TPSA) is 114 Å². The van der Waals surface area contributed by atoms with Crippen molar-refractivity contribution in [2.75, 3.05) is 40.9 Å². The monoisotopic (exact) mass is 919 g/mol. The molecule has 0 rings (SSSR count). The molecule has 0 bridgehead atoms. The van der Waals surface area contributed by atoms with E-state index in [2.05, 4.69) is 68.6 Å². The summed E-state index contributed by atoms with van der Waals surface area (Å²) in [6.45, 7) is 6.65. The van der Waals surface area contributed by atoms with Gasteiger partial charge in [0.05, 0.1) is 33.8 Å². The Morgan fingerprint density at radius 1 is 0.562 bits per heavy atom. The number of hydrogen-bond acceptors (Lipinski definition) is 7. The number of esters is 1. The van der Waals surface area contributed by atoms with Gasteiger partial charge in [0.15, 0.2) is 0 Å². The highest BCUT2D eigenvalue weighted by molar-refractivity contribution is 7.45. The zero-order chi connectivity index (χ0) is 47.3. The lowest BCUT2D eigenvalue weighted by atomic mass is 10.0. The van der Waals surface area contributed by atoms with Crippen molar-refractivity contribution in [3.05, 3.63) is 60.8 Å². The summed E-state index contributed by atoms with van der Waals surface area (Å²) in [5.41, 5.74) is 0. The Balaban J connectivity index is 5.50. The zero-order valence-electron chi connectivity index (χ0n) is 42.2. The van der Waals surface area contributed by atoms with E-state index in [1.807, 2.05) is 39.4 Å². The molecular weight excluding hydrogens is 820 g/mol. The number of ether oxygens (including phenoxy) is 1. The van der Waals surface area contributed by atoms with E-state index in [4.69, 9.17) is 13.8 Å². The Labute approximate surface area is 394 Å². The third-order valence-electron chi connectivity index (χ3n) is 11.2. The summed E-state index contributed by atoms with van der Waals surface area (Å²) in [5.74, 6) is -0.587. The molecule has 0 spiro atoms. The molecule has 1 amide bonds. The number of phosphoric acid groups is 1. The number of unbranched alkanes of at least 4 members (excludes halogenated alkanes) is 24. The predicted molar refractivity (Wildman–Crippen MR) is 270 cm³/mol. The van der Waals surface area contributed by atoms with E-state index >= 15 is 0 Å². The van der Waals surface area contributed by atoms with Crippen LogP contribution in [0.1, 0.15) is 220 Å². The van der Waals surface area contributed by atoms with E-state index in [1.165, 1.54) is 89.9 Å². The Morgan fingerprint density at radius 3 is 1.55 bits per heavy atom. The molecule has 0 aromatic rings. The molecule has 0 saturated heterocycles. The van der Waals surface area contributed by atoms with Crippen molar-refractivity contribution in [2.24, 2.45) is 0 Å². The van der Waals surface area contributed by atoms with E-state index in [0.29, 0.717) is 30.3 Å². The van der Waals surface area contributed by atoms with Gasteiger partial charge in [-0.3, -0.25) is 14.2 Å². The van der Waals surface area contributed by atoms with Crippen LogP contribution in [0.5, 0.6) is 0 Å². The molecule has 0 aliphatic heterocycles. The summed E-state index contributed by atoms with van der Waals surface area (Å²) in [7, 11) is 1.16. The maximum atomic E-state index is 13.4. The normalized spacial score (nSPS) is 14.4. The lowest BCUT2D eigenvalue weighted by Gasteiger charge is -2.30. The first-order chi connectivity index (χ1) is 30.9. The van der Waals surface area contributed by atoms with Gasteiger partial charge in [-0.05, 0) is 76.7 Å². The van der Waals surface area contributed by atoms with E-state index in [0.717, 1.165) is 83.5 Å². The fraction of sp³-hybridized carbons (Fsp3) is 0.778. The minimum absolute atomic E-state index is 0.0301. The Kier molecular flexibility index (Phi) is 42.9. The molecule has 0 aliphatic rings. The Morgan fingerprint density at radius 2 is 1.02 bits per heavy atom. The molecule has 0 fully saturated rings. The number of nitrogens with one attached hydrogen (secondary N) is 1. The largest absolute Gasteiger partial charge is 0.756 e. The van der Waals surface area contributed by atoms with Gasteiger partial charge in [-0.2, -0.15) is 0 Å². The average molecular weight is 919 g/mol. The summed E-state index contributed by atoms with van der Waals surface area (Å²) in [4.78, 5) is 39.6. The number of nitrogens with zero attached hydrogens (tertiary/aromatic N) is 1. The number of amides is 1. The first-order valence-electron chi connectivity index (χ1n) is 26.1. The molecule has 3 atom stereocenters. The summed E-state index contributed by atoms with van der Waals surface area (Å²) in [6.07, 6.45) is 53.3. The second kappa shape index (κ2) is 44.5. The minimum atomic E-state index is -4.70. The third-order valence-corrected chi connectivity index (χ3v) is 12.2. The van der Waals surface area contributed by atoms with Crippen LogP contribution in [-0.2, 0) is 27.9 Å². The summed E-state index contributed by atoms with van der Waals surface area (Å²) in [5, 5.41) is 2.99. The quantitative estimate of drug-likeness (QED) is 0.0161. The number of likely N-dealkylation sites (N-methyl/N-ethyl adjacent to an activating group) is 1. The van der Waals surface area contributed by atoms with Gasteiger partial charge in [-0.25, -0.2) is 0 Å². The van der Waals surface area contributed by atoms with Crippen molar-refractivity contribution in [3.8, 4) is 0 Å². The third kappa shape index (κ3) is 44.9. The van der Waals surface area contributed by atoms with E-state index in [-0.39, 0.29) is 24.9 Å². The van der Waals surface area contributed by atoms with Crippen LogP contribution in [0.25, 0.3) is 0 Å². The highest BCUT2D eigenvalue weighted by Gasteiger charge is 2.27. The lowest BCUT2D eigenvalue weighted by molar-refractivity contribution is -0.870. The van der Waals surface area contributed by atoms with Gasteiger partial charge in [0, 0.05) is 12.8 Å². The number of quaternary nitrogens is 1. The fourth-order valence-electron chi connectivity index (χ4n) is 7.16. The van der Waals surface area contributed by atoms with Gasteiger partial charge >= 0.3 is 5.97 Å². The van der Waals surface area contributed by atoms with E-state index in [9.17, 15) is 19.0 Å². The van der Waals surface area contributed by atoms with Crippen molar-refractivity contribution in [1.82, 2.24) is 5.32 Å². The van der Waals surface area contributed by atoms with Crippen molar-refractivity contribution in [1.29, 1.82) is 0 Å². The van der Waals surface area contributed by atoms with Gasteiger partial charge in [0.2, 0.25) is 5.91 Å². The standard InChI is InChI=1S/C54H99N2O7P/c1-7-10-13-16-19-22-25-28-31-34-37-40-43-46-53(57)55-51(50-62-64(59,60)61-49-48-56(4,5)6)52(45-42-39-36-33-30-27-24-21-18-15-12-9-3)63-54(58)47-44-41-38-35-32-29-26-23-20-17-14-11-8-2/h11,14,17,20,23,26,28,31,42,45,51-52H,7-10,12-13,15-16,18-19,21-22,24-25,27,29-30,32-41,43-44,46-50H2,1-6H3,(H-,55,57,59,60)/b14-11+,20-17+,26-23-,31-28-,45-42+. The van der Waals surface area contributed by atoms with Gasteiger partial charge in [0.25, 0.3) is 7.82 Å². The van der Waals surface area contributed by atoms with Gasteiger partial charge in [-0.15, -0.1) is 0 Å². The molecule has 0 aliphatic carbocycles. The molecule has 372 valence electrons. The molecule has 0 radical (unpaired) electrons. The smallest absolute Gasteiger partial charge is 0.306 e. The second-order valence-corrected chi connectivity index (χ2v) is 20.1. The van der Waals surface area contributed by atoms with Crippen LogP contribution in [0, 0.1) is 0 Å². The SMILES string of the molecule is CC/C=C/C=C/C=C\CCCCCCCC(=O)OC(/C=C/CCCCCCCCCCCC)C(COP(=O)([O-])OCC[N+](C)(C)C)NC(=O)CCCCC/C=C\CCCCCCCC. The van der Waals surface area contributed by atoms with Crippen LogP contribution in [0.3, 0.4) is 0 Å². The fourth-order valence-corrected chi connectivity index (χ4v) is 7.88. The highest BCUT2D eigenvalue weighted by atomic mass is 31.2. The number of hydrogen-bond donors (Lipinski definition) is 1. The molecule has 0 heterocycles. The molecule has 0 aromatic carbocycles. The number of carbonyl (C=O) groups is 2. The Bertz CT molecular complexity index is 1290. The van der Waals surface area contributed by atoms with Crippen molar-refractivity contribution in [3.63, 3.8) is 0 Å². The van der Waals surface area contributed by atoms with Crippen molar-refractivity contribution >= 4 is 19.7 Å². The number of allylic oxidation sites excluding steroid dienone is 9. The predicted octanol–water partition coefficient (Wildman–Crippen LogP) is 14.5. The first-order valence-corrected chi connectivity index (χ1v) is 27.6. The molecule has 10 heteroatoms. The van der Waals surface area contributed by atoms with Crippen LogP contribution in [0.15, 0.2) is 60.8 Å². The van der Waals surface area contributed by atoms with E-state index in [1.54, 1.807) is 0 Å². The summed E-state index contributed by atoms with van der Waals surface area (Å²) < 4.78 is 30.1. The highest BCUT2D eigenvalue weighted by Crippen LogP contribution is 2.38.